The molecule has 0 spiro atoms. The highest BCUT2D eigenvalue weighted by Crippen LogP contribution is 2.37. The lowest BCUT2D eigenvalue weighted by molar-refractivity contribution is -0.141. The minimum Gasteiger partial charge on any atom is -0.321 e. The normalized spacial score (nSPS) is 12.5. The van der Waals surface area contributed by atoms with Gasteiger partial charge in [-0.3, -0.25) is 9.48 Å². The van der Waals surface area contributed by atoms with Gasteiger partial charge in [-0.25, -0.2) is 9.07 Å². The maximum Gasteiger partial charge on any atom is 0.436 e. The van der Waals surface area contributed by atoms with E-state index in [-0.39, 0.29) is 17.9 Å². The molecule has 4 rings (SSSR count). The van der Waals surface area contributed by atoms with E-state index in [2.05, 4.69) is 28.1 Å². The van der Waals surface area contributed by atoms with Crippen LogP contribution in [0.4, 0.5) is 23.2 Å². The third-order valence-electron chi connectivity index (χ3n) is 5.49. The number of anilines is 1. The largest absolute Gasteiger partial charge is 0.436 e. The topological polar surface area (TPSA) is 64.7 Å². The zero-order valence-corrected chi connectivity index (χ0v) is 20.4. The molecule has 1 amide bonds. The van der Waals surface area contributed by atoms with E-state index in [4.69, 9.17) is 11.6 Å². The number of amides is 1. The second kappa shape index (κ2) is 10.4. The van der Waals surface area contributed by atoms with Crippen LogP contribution in [0.2, 0.25) is 5.02 Å². The van der Waals surface area contributed by atoms with E-state index in [1.807, 2.05) is 18.2 Å². The molecule has 2 aromatic carbocycles. The van der Waals surface area contributed by atoms with E-state index in [1.54, 1.807) is 12.1 Å². The quantitative estimate of drug-likeness (QED) is 0.213. The van der Waals surface area contributed by atoms with E-state index >= 15 is 0 Å². The summed E-state index contributed by atoms with van der Waals surface area (Å²) in [6.45, 7) is 1.37. The first-order valence-electron chi connectivity index (χ1n) is 10.7. The number of halogens is 5. The van der Waals surface area contributed by atoms with Crippen LogP contribution < -0.4 is 5.32 Å². The molecular formula is C24H20ClF4N5OS. The number of benzene rings is 2. The first kappa shape index (κ1) is 25.8. The number of hydrogen-bond donors (Lipinski definition) is 2. The summed E-state index contributed by atoms with van der Waals surface area (Å²) in [4.78, 5) is 13.4. The minimum absolute atomic E-state index is 0.0104. The Labute approximate surface area is 214 Å². The molecular weight excluding hydrogens is 518 g/mol. The van der Waals surface area contributed by atoms with Crippen molar-refractivity contribution in [1.82, 2.24) is 19.6 Å². The number of aromatic nitrogens is 4. The third kappa shape index (κ3) is 5.12. The molecule has 0 aliphatic carbocycles. The van der Waals surface area contributed by atoms with Crippen molar-refractivity contribution in [2.45, 2.75) is 25.6 Å². The number of carbonyl (C=O) groups is 1. The van der Waals surface area contributed by atoms with Gasteiger partial charge >= 0.3 is 6.18 Å². The molecule has 36 heavy (non-hydrogen) atoms. The molecule has 0 saturated carbocycles. The standard InChI is InChI=1S/C24H20ClF4N5OS/c1-14-20(25)22(24(27,28)29)32-33(14)19(11-12-36)23(35)31-18-13-30-34(17-9-7-16(26)8-10-17)21(18)15-5-3-2-4-6-15/h2-10,13,19,36H,11-12H2,1H3,(H,31,35). The number of thiol groups is 1. The van der Waals surface area contributed by atoms with Crippen LogP contribution in [0.25, 0.3) is 16.9 Å². The van der Waals surface area contributed by atoms with E-state index in [0.29, 0.717) is 22.6 Å². The Bertz CT molecular complexity index is 1370. The van der Waals surface area contributed by atoms with E-state index in [0.717, 1.165) is 4.68 Å². The smallest absolute Gasteiger partial charge is 0.321 e. The Morgan fingerprint density at radius 2 is 1.81 bits per heavy atom. The van der Waals surface area contributed by atoms with Crippen LogP contribution in [0, 0.1) is 12.7 Å². The van der Waals surface area contributed by atoms with Gasteiger partial charge in [0.2, 0.25) is 5.91 Å². The molecule has 6 nitrogen and oxygen atoms in total. The molecule has 1 atom stereocenters. The number of nitrogens with zero attached hydrogens (tertiary/aromatic N) is 4. The van der Waals surface area contributed by atoms with Crippen LogP contribution in [0.3, 0.4) is 0 Å². The summed E-state index contributed by atoms with van der Waals surface area (Å²) >= 11 is 10.1. The van der Waals surface area contributed by atoms with Gasteiger partial charge in [0.15, 0.2) is 5.69 Å². The van der Waals surface area contributed by atoms with Crippen LogP contribution in [0.15, 0.2) is 60.8 Å². The van der Waals surface area contributed by atoms with Gasteiger partial charge in [0.05, 0.1) is 34.0 Å². The van der Waals surface area contributed by atoms with Crippen molar-refractivity contribution in [1.29, 1.82) is 0 Å². The molecule has 0 aliphatic rings. The molecule has 2 aromatic heterocycles. The lowest BCUT2D eigenvalue weighted by Crippen LogP contribution is -2.28. The first-order chi connectivity index (χ1) is 17.1. The second-order valence-corrected chi connectivity index (χ2v) is 8.69. The van der Waals surface area contributed by atoms with Crippen LogP contribution in [-0.2, 0) is 11.0 Å². The fraction of sp³-hybridized carbons (Fsp3) is 0.208. The van der Waals surface area contributed by atoms with Crippen LogP contribution >= 0.6 is 24.2 Å². The number of rotatable bonds is 7. The summed E-state index contributed by atoms with van der Waals surface area (Å²) in [6, 6.07) is 13.6. The third-order valence-corrected chi connectivity index (χ3v) is 6.20. The minimum atomic E-state index is -4.77. The highest BCUT2D eigenvalue weighted by molar-refractivity contribution is 7.80. The molecule has 12 heteroatoms. The fourth-order valence-corrected chi connectivity index (χ4v) is 4.25. The summed E-state index contributed by atoms with van der Waals surface area (Å²) < 4.78 is 56.1. The Morgan fingerprint density at radius 3 is 2.39 bits per heavy atom. The Morgan fingerprint density at radius 1 is 1.14 bits per heavy atom. The molecule has 0 aliphatic heterocycles. The molecule has 0 fully saturated rings. The molecule has 188 valence electrons. The first-order valence-corrected chi connectivity index (χ1v) is 11.8. The van der Waals surface area contributed by atoms with Crippen molar-refractivity contribution in [2.24, 2.45) is 0 Å². The average Bonchev–Trinajstić information content (AvgIpc) is 3.39. The van der Waals surface area contributed by atoms with Gasteiger partial charge < -0.3 is 5.32 Å². The zero-order valence-electron chi connectivity index (χ0n) is 18.8. The highest BCUT2D eigenvalue weighted by Gasteiger charge is 2.39. The van der Waals surface area contributed by atoms with E-state index in [1.165, 1.54) is 42.1 Å². The summed E-state index contributed by atoms with van der Waals surface area (Å²) in [5, 5.41) is 10.2. The van der Waals surface area contributed by atoms with Gasteiger partial charge in [0, 0.05) is 5.56 Å². The molecule has 2 heterocycles. The lowest BCUT2D eigenvalue weighted by atomic mass is 10.1. The number of carbonyl (C=O) groups excluding carboxylic acids is 1. The Hall–Kier alpha value is -3.31. The predicted octanol–water partition coefficient (Wildman–Crippen LogP) is 6.36. The van der Waals surface area contributed by atoms with Crippen LogP contribution in [-0.4, -0.2) is 31.2 Å². The number of nitrogens with one attached hydrogen (secondary N) is 1. The lowest BCUT2D eigenvalue weighted by Gasteiger charge is -2.19. The summed E-state index contributed by atoms with van der Waals surface area (Å²) in [5.41, 5.74) is 0.826. The molecule has 0 saturated heterocycles. The number of hydrogen-bond acceptors (Lipinski definition) is 4. The fourth-order valence-electron chi connectivity index (χ4n) is 3.78. The van der Waals surface area contributed by atoms with Gasteiger partial charge in [-0.15, -0.1) is 0 Å². The van der Waals surface area contributed by atoms with Crippen molar-refractivity contribution in [3.63, 3.8) is 0 Å². The van der Waals surface area contributed by atoms with Gasteiger partial charge in [-0.2, -0.15) is 36.0 Å². The number of alkyl halides is 3. The molecule has 0 radical (unpaired) electrons. The Kier molecular flexibility index (Phi) is 7.41. The summed E-state index contributed by atoms with van der Waals surface area (Å²) in [5.74, 6) is -0.825. The van der Waals surface area contributed by atoms with Crippen molar-refractivity contribution in [3.05, 3.63) is 83.0 Å². The predicted molar refractivity (Wildman–Crippen MR) is 132 cm³/mol. The summed E-state index contributed by atoms with van der Waals surface area (Å²) in [7, 11) is 0. The van der Waals surface area contributed by atoms with Gasteiger partial charge in [-0.1, -0.05) is 41.9 Å². The van der Waals surface area contributed by atoms with Crippen LogP contribution in [0.1, 0.15) is 23.9 Å². The maximum absolute atomic E-state index is 13.5. The maximum atomic E-state index is 13.5. The van der Waals surface area contributed by atoms with Crippen molar-refractivity contribution < 1.29 is 22.4 Å². The van der Waals surface area contributed by atoms with Crippen LogP contribution in [0.5, 0.6) is 0 Å². The SMILES string of the molecule is Cc1c(Cl)c(C(F)(F)F)nn1C(CCS)C(=O)Nc1cnn(-c2ccc(F)cc2)c1-c1ccccc1. The second-order valence-electron chi connectivity index (χ2n) is 7.87. The zero-order chi connectivity index (χ0) is 26.0. The van der Waals surface area contributed by atoms with E-state index < -0.39 is 34.7 Å². The van der Waals surface area contributed by atoms with Gasteiger partial charge in [0.25, 0.3) is 0 Å². The van der Waals surface area contributed by atoms with Crippen molar-refractivity contribution in [2.75, 3.05) is 11.1 Å². The Balaban J connectivity index is 1.75. The molecule has 0 bridgehead atoms. The van der Waals surface area contributed by atoms with E-state index in [9.17, 15) is 22.4 Å². The monoisotopic (exact) mass is 537 g/mol. The van der Waals surface area contributed by atoms with Gasteiger partial charge in [-0.05, 0) is 43.4 Å². The molecule has 4 aromatic rings. The average molecular weight is 538 g/mol. The highest BCUT2D eigenvalue weighted by atomic mass is 35.5. The summed E-state index contributed by atoms with van der Waals surface area (Å²) in [6.07, 6.45) is -3.25. The molecule has 1 unspecified atom stereocenters. The van der Waals surface area contributed by atoms with Crippen molar-refractivity contribution >= 4 is 35.8 Å². The molecule has 1 N–H and O–H groups in total. The van der Waals surface area contributed by atoms with Crippen molar-refractivity contribution in [3.8, 4) is 16.9 Å². The van der Waals surface area contributed by atoms with Gasteiger partial charge in [0.1, 0.15) is 11.9 Å².